The molecule has 3 N–H and O–H groups in total. The molecule has 2 aromatic heterocycles. The molecule has 0 unspecified atom stereocenters. The fraction of sp³-hybridized carbons (Fsp3) is 0.391. The SMILES string of the molecule is CC(C)(C)c1ccc(C(=O)Nc2cc(N3CCC(C(N)=O)CC3)n3nccc3n2)cc1. The molecule has 162 valence electrons. The smallest absolute Gasteiger partial charge is 0.256 e. The van der Waals surface area contributed by atoms with E-state index in [9.17, 15) is 9.59 Å². The summed E-state index contributed by atoms with van der Waals surface area (Å²) in [6.07, 6.45) is 3.07. The molecule has 2 amide bonds. The second-order valence-corrected chi connectivity index (χ2v) is 9.05. The van der Waals surface area contributed by atoms with Crippen LogP contribution in [0.3, 0.4) is 0 Å². The second kappa shape index (κ2) is 8.02. The first kappa shape index (κ1) is 20.8. The molecule has 0 bridgehead atoms. The Kier molecular flexibility index (Phi) is 5.39. The van der Waals surface area contributed by atoms with Crippen molar-refractivity contribution >= 4 is 29.1 Å². The molecule has 0 radical (unpaired) electrons. The van der Waals surface area contributed by atoms with Gasteiger partial charge in [0.2, 0.25) is 5.91 Å². The topological polar surface area (TPSA) is 106 Å². The number of fused-ring (bicyclic) bond motifs is 1. The van der Waals surface area contributed by atoms with Gasteiger partial charge < -0.3 is 16.0 Å². The Morgan fingerprint density at radius 3 is 2.39 bits per heavy atom. The molecular weight excluding hydrogens is 392 g/mol. The first-order valence-electron chi connectivity index (χ1n) is 10.5. The predicted octanol–water partition coefficient (Wildman–Crippen LogP) is 2.98. The van der Waals surface area contributed by atoms with Gasteiger partial charge in [-0.1, -0.05) is 32.9 Å². The molecule has 1 aliphatic heterocycles. The first-order valence-corrected chi connectivity index (χ1v) is 10.5. The molecule has 8 nitrogen and oxygen atoms in total. The van der Waals surface area contributed by atoms with Crippen molar-refractivity contribution in [3.05, 3.63) is 53.7 Å². The molecular formula is C23H28N6O2. The van der Waals surface area contributed by atoms with E-state index < -0.39 is 0 Å². The van der Waals surface area contributed by atoms with E-state index in [1.807, 2.05) is 30.3 Å². The Bertz CT molecular complexity index is 1110. The van der Waals surface area contributed by atoms with E-state index in [1.54, 1.807) is 16.8 Å². The van der Waals surface area contributed by atoms with Crippen LogP contribution >= 0.6 is 0 Å². The molecule has 1 aliphatic rings. The number of amides is 2. The number of nitrogens with one attached hydrogen (secondary N) is 1. The molecule has 4 rings (SSSR count). The van der Waals surface area contributed by atoms with Crippen LogP contribution in [0.25, 0.3) is 5.65 Å². The third kappa shape index (κ3) is 4.38. The normalized spacial score (nSPS) is 15.3. The van der Waals surface area contributed by atoms with Crippen molar-refractivity contribution in [2.45, 2.75) is 39.0 Å². The summed E-state index contributed by atoms with van der Waals surface area (Å²) >= 11 is 0. The predicted molar refractivity (Wildman–Crippen MR) is 120 cm³/mol. The van der Waals surface area contributed by atoms with Crippen LogP contribution < -0.4 is 16.0 Å². The van der Waals surface area contributed by atoms with Crippen molar-refractivity contribution in [2.75, 3.05) is 23.3 Å². The van der Waals surface area contributed by atoms with Crippen molar-refractivity contribution in [1.29, 1.82) is 0 Å². The van der Waals surface area contributed by atoms with E-state index >= 15 is 0 Å². The van der Waals surface area contributed by atoms with Crippen LogP contribution in [0.2, 0.25) is 0 Å². The number of hydrogen-bond acceptors (Lipinski definition) is 5. The highest BCUT2D eigenvalue weighted by Gasteiger charge is 2.25. The maximum atomic E-state index is 12.8. The van der Waals surface area contributed by atoms with E-state index in [0.29, 0.717) is 43.0 Å². The Morgan fingerprint density at radius 1 is 1.10 bits per heavy atom. The maximum absolute atomic E-state index is 12.8. The van der Waals surface area contributed by atoms with Gasteiger partial charge in [0, 0.05) is 36.7 Å². The van der Waals surface area contributed by atoms with Gasteiger partial charge >= 0.3 is 0 Å². The van der Waals surface area contributed by atoms with Gasteiger partial charge in [0.25, 0.3) is 5.91 Å². The van der Waals surface area contributed by atoms with Crippen LogP contribution in [-0.4, -0.2) is 39.5 Å². The number of rotatable bonds is 4. The van der Waals surface area contributed by atoms with Crippen LogP contribution in [0.15, 0.2) is 42.6 Å². The zero-order valence-electron chi connectivity index (χ0n) is 18.1. The summed E-state index contributed by atoms with van der Waals surface area (Å²) in [5.41, 5.74) is 7.88. The number of aromatic nitrogens is 3. The number of hydrogen-bond donors (Lipinski definition) is 2. The van der Waals surface area contributed by atoms with Gasteiger partial charge in [-0.25, -0.2) is 4.98 Å². The van der Waals surface area contributed by atoms with E-state index in [2.05, 4.69) is 41.1 Å². The van der Waals surface area contributed by atoms with Crippen molar-refractivity contribution in [1.82, 2.24) is 14.6 Å². The van der Waals surface area contributed by atoms with Crippen LogP contribution in [-0.2, 0) is 10.2 Å². The monoisotopic (exact) mass is 420 g/mol. The molecule has 1 aromatic carbocycles. The Hall–Kier alpha value is -3.42. The standard InChI is InChI=1S/C23H28N6O2/c1-23(2,3)17-6-4-16(5-7-17)22(31)27-18-14-20(29-19(26-18)8-11-25-29)28-12-9-15(10-13-28)21(24)30/h4-8,11,14-15H,9-10,12-13H2,1-3H3,(H2,24,30)(H,26,27,31). The van der Waals surface area contributed by atoms with Gasteiger partial charge in [0.1, 0.15) is 11.6 Å². The maximum Gasteiger partial charge on any atom is 0.256 e. The molecule has 0 spiro atoms. The number of benzene rings is 1. The Balaban J connectivity index is 1.56. The quantitative estimate of drug-likeness (QED) is 0.675. The fourth-order valence-corrected chi connectivity index (χ4v) is 3.89. The van der Waals surface area contributed by atoms with Gasteiger partial charge in [0.05, 0.1) is 6.20 Å². The van der Waals surface area contributed by atoms with E-state index in [4.69, 9.17) is 5.73 Å². The zero-order valence-corrected chi connectivity index (χ0v) is 18.1. The molecule has 1 saturated heterocycles. The molecule has 0 saturated carbocycles. The van der Waals surface area contributed by atoms with E-state index in [1.165, 1.54) is 5.56 Å². The number of carbonyl (C=O) groups is 2. The molecule has 0 atom stereocenters. The highest BCUT2D eigenvalue weighted by Crippen LogP contribution is 2.26. The zero-order chi connectivity index (χ0) is 22.2. The largest absolute Gasteiger partial charge is 0.369 e. The van der Waals surface area contributed by atoms with Crippen LogP contribution in [0, 0.1) is 5.92 Å². The minimum atomic E-state index is -0.246. The minimum Gasteiger partial charge on any atom is -0.369 e. The van der Waals surface area contributed by atoms with E-state index in [0.717, 1.165) is 5.82 Å². The summed E-state index contributed by atoms with van der Waals surface area (Å²) in [4.78, 5) is 31.0. The summed E-state index contributed by atoms with van der Waals surface area (Å²) in [6.45, 7) is 7.80. The third-order valence-corrected chi connectivity index (χ3v) is 5.82. The summed E-state index contributed by atoms with van der Waals surface area (Å²) in [6, 6.07) is 11.3. The lowest BCUT2D eigenvalue weighted by Crippen LogP contribution is -2.39. The van der Waals surface area contributed by atoms with Crippen LogP contribution in [0.5, 0.6) is 0 Å². The Labute approximate surface area is 181 Å². The van der Waals surface area contributed by atoms with Crippen LogP contribution in [0.4, 0.5) is 11.6 Å². The molecule has 1 fully saturated rings. The van der Waals surface area contributed by atoms with Crippen molar-refractivity contribution in [3.63, 3.8) is 0 Å². The molecule has 3 aromatic rings. The first-order chi connectivity index (χ1) is 14.7. The second-order valence-electron chi connectivity index (χ2n) is 9.05. The number of carbonyl (C=O) groups excluding carboxylic acids is 2. The summed E-state index contributed by atoms with van der Waals surface area (Å²) < 4.78 is 1.75. The summed E-state index contributed by atoms with van der Waals surface area (Å²) in [5, 5.41) is 7.28. The number of nitrogens with zero attached hydrogens (tertiary/aromatic N) is 4. The lowest BCUT2D eigenvalue weighted by Gasteiger charge is -2.32. The average molecular weight is 421 g/mol. The lowest BCUT2D eigenvalue weighted by molar-refractivity contribution is -0.122. The molecule has 31 heavy (non-hydrogen) atoms. The van der Waals surface area contributed by atoms with Crippen molar-refractivity contribution in [3.8, 4) is 0 Å². The van der Waals surface area contributed by atoms with Gasteiger partial charge in [-0.3, -0.25) is 9.59 Å². The molecule has 8 heteroatoms. The van der Waals surface area contributed by atoms with Gasteiger partial charge in [-0.2, -0.15) is 9.61 Å². The number of piperidine rings is 1. The molecule has 3 heterocycles. The van der Waals surface area contributed by atoms with Gasteiger partial charge in [0.15, 0.2) is 5.65 Å². The van der Waals surface area contributed by atoms with Gasteiger partial charge in [-0.05, 0) is 36.0 Å². The van der Waals surface area contributed by atoms with Gasteiger partial charge in [-0.15, -0.1) is 0 Å². The number of nitrogens with two attached hydrogens (primary N) is 1. The van der Waals surface area contributed by atoms with Crippen molar-refractivity contribution < 1.29 is 9.59 Å². The minimum absolute atomic E-state index is 0.0282. The lowest BCUT2D eigenvalue weighted by atomic mass is 9.87. The highest BCUT2D eigenvalue weighted by atomic mass is 16.2. The van der Waals surface area contributed by atoms with Crippen molar-refractivity contribution in [2.24, 2.45) is 11.7 Å². The summed E-state index contributed by atoms with van der Waals surface area (Å²) in [5.74, 6) is 0.738. The Morgan fingerprint density at radius 2 is 1.77 bits per heavy atom. The fourth-order valence-electron chi connectivity index (χ4n) is 3.89. The van der Waals surface area contributed by atoms with E-state index in [-0.39, 0.29) is 23.1 Å². The third-order valence-electron chi connectivity index (χ3n) is 5.82. The summed E-state index contributed by atoms with van der Waals surface area (Å²) in [7, 11) is 0. The average Bonchev–Trinajstić information content (AvgIpc) is 3.21. The number of primary amides is 1. The number of anilines is 2. The van der Waals surface area contributed by atoms with Crippen LogP contribution in [0.1, 0.15) is 49.5 Å². The molecule has 0 aliphatic carbocycles. The highest BCUT2D eigenvalue weighted by molar-refractivity contribution is 6.04.